The van der Waals surface area contributed by atoms with E-state index in [1.54, 1.807) is 19.1 Å². The average Bonchev–Trinajstić information content (AvgIpc) is 2.55. The summed E-state index contributed by atoms with van der Waals surface area (Å²) in [6.45, 7) is 2.10. The maximum Gasteiger partial charge on any atom is 0.416 e. The summed E-state index contributed by atoms with van der Waals surface area (Å²) < 4.78 is 42.4. The van der Waals surface area contributed by atoms with Crippen LogP contribution in [-0.2, 0) is 23.8 Å². The predicted molar refractivity (Wildman–Crippen MR) is 85.9 cm³/mol. The molecule has 0 spiro atoms. The predicted octanol–water partition coefficient (Wildman–Crippen LogP) is 5.06. The van der Waals surface area contributed by atoms with Gasteiger partial charge in [-0.05, 0) is 61.6 Å². The van der Waals surface area contributed by atoms with Crippen LogP contribution in [0.15, 0.2) is 48.5 Å². The maximum atomic E-state index is 12.5. The molecule has 0 aromatic heterocycles. The van der Waals surface area contributed by atoms with Crippen LogP contribution in [0.25, 0.3) is 0 Å². The van der Waals surface area contributed by atoms with E-state index >= 15 is 0 Å². The average molecular weight is 336 g/mol. The van der Waals surface area contributed by atoms with Crippen LogP contribution in [0.3, 0.4) is 0 Å². The first kappa shape index (κ1) is 18.0. The molecule has 0 heterocycles. The van der Waals surface area contributed by atoms with Crippen molar-refractivity contribution in [1.82, 2.24) is 0 Å². The highest BCUT2D eigenvalue weighted by molar-refractivity contribution is 5.89. The van der Waals surface area contributed by atoms with Gasteiger partial charge in [0.15, 0.2) is 0 Å². The Hall–Kier alpha value is -2.30. The van der Waals surface area contributed by atoms with Crippen molar-refractivity contribution in [2.45, 2.75) is 32.4 Å². The minimum atomic E-state index is -4.29. The highest BCUT2D eigenvalue weighted by atomic mass is 19.4. The fourth-order valence-electron chi connectivity index (χ4n) is 2.38. The van der Waals surface area contributed by atoms with Crippen molar-refractivity contribution in [3.8, 4) is 0 Å². The van der Waals surface area contributed by atoms with Crippen molar-refractivity contribution in [2.24, 2.45) is 0 Å². The van der Waals surface area contributed by atoms with Crippen LogP contribution in [0.1, 0.15) is 40.4 Å². The molecule has 128 valence electrons. The smallest absolute Gasteiger partial charge is 0.416 e. The zero-order valence-electron chi connectivity index (χ0n) is 13.4. The summed E-state index contributed by atoms with van der Waals surface area (Å²) in [5, 5.41) is 0. The molecule has 2 aromatic rings. The van der Waals surface area contributed by atoms with Crippen molar-refractivity contribution in [3.05, 3.63) is 70.8 Å². The van der Waals surface area contributed by atoms with Crippen molar-refractivity contribution >= 4 is 5.97 Å². The van der Waals surface area contributed by atoms with Crippen LogP contribution in [0, 0.1) is 0 Å². The molecule has 0 radical (unpaired) electrons. The van der Waals surface area contributed by atoms with E-state index < -0.39 is 11.7 Å². The molecule has 24 heavy (non-hydrogen) atoms. The quantitative estimate of drug-likeness (QED) is 0.690. The van der Waals surface area contributed by atoms with Gasteiger partial charge in [-0.3, -0.25) is 0 Å². The summed E-state index contributed by atoms with van der Waals surface area (Å²) in [6.07, 6.45) is -1.97. The topological polar surface area (TPSA) is 26.3 Å². The molecule has 2 nitrogen and oxygen atoms in total. The number of ether oxygens (including phenoxy) is 1. The number of hydrogen-bond donors (Lipinski definition) is 0. The molecular weight excluding hydrogens is 317 g/mol. The molecule has 2 aromatic carbocycles. The van der Waals surface area contributed by atoms with Crippen LogP contribution in [0.2, 0.25) is 0 Å². The van der Waals surface area contributed by atoms with Gasteiger partial charge in [0.2, 0.25) is 0 Å². The Bertz CT molecular complexity index is 659. The Morgan fingerprint density at radius 1 is 0.917 bits per heavy atom. The summed E-state index contributed by atoms with van der Waals surface area (Å²) in [5.41, 5.74) is 1.85. The molecule has 5 heteroatoms. The number of carbonyl (C=O) groups is 1. The van der Waals surface area contributed by atoms with Gasteiger partial charge in [0.1, 0.15) is 0 Å². The van der Waals surface area contributed by atoms with E-state index in [1.165, 1.54) is 12.1 Å². The highest BCUT2D eigenvalue weighted by Crippen LogP contribution is 2.29. The Morgan fingerprint density at radius 2 is 1.42 bits per heavy atom. The molecule has 0 bridgehead atoms. The van der Waals surface area contributed by atoms with Crippen molar-refractivity contribution < 1.29 is 22.7 Å². The van der Waals surface area contributed by atoms with Crippen LogP contribution < -0.4 is 0 Å². The molecule has 0 unspecified atom stereocenters. The number of carbonyl (C=O) groups excluding carboxylic acids is 1. The van der Waals surface area contributed by atoms with Crippen LogP contribution in [0.4, 0.5) is 13.2 Å². The van der Waals surface area contributed by atoms with Gasteiger partial charge in [-0.1, -0.05) is 24.3 Å². The molecule has 0 saturated carbocycles. The third-order valence-corrected chi connectivity index (χ3v) is 3.68. The van der Waals surface area contributed by atoms with Crippen molar-refractivity contribution in [2.75, 3.05) is 6.61 Å². The minimum Gasteiger partial charge on any atom is -0.462 e. The molecule has 0 atom stereocenters. The third-order valence-electron chi connectivity index (χ3n) is 3.68. The first-order valence-corrected chi connectivity index (χ1v) is 7.82. The Labute approximate surface area is 139 Å². The molecule has 0 saturated heterocycles. The summed E-state index contributed by atoms with van der Waals surface area (Å²) in [4.78, 5) is 11.6. The van der Waals surface area contributed by atoms with E-state index in [0.29, 0.717) is 18.6 Å². The zero-order valence-corrected chi connectivity index (χ0v) is 13.4. The van der Waals surface area contributed by atoms with E-state index in [9.17, 15) is 18.0 Å². The number of aryl methyl sites for hydroxylation is 2. The van der Waals surface area contributed by atoms with Gasteiger partial charge in [0.25, 0.3) is 0 Å². The van der Waals surface area contributed by atoms with Crippen molar-refractivity contribution in [1.29, 1.82) is 0 Å². The molecule has 0 fully saturated rings. The lowest BCUT2D eigenvalue weighted by Crippen LogP contribution is -2.04. The largest absolute Gasteiger partial charge is 0.462 e. The molecule has 0 aliphatic carbocycles. The number of alkyl halides is 3. The minimum absolute atomic E-state index is 0.339. The lowest BCUT2D eigenvalue weighted by atomic mass is 10.0. The number of benzene rings is 2. The van der Waals surface area contributed by atoms with E-state index in [1.807, 2.05) is 12.1 Å². The molecule has 0 aliphatic heterocycles. The molecule has 0 amide bonds. The second kappa shape index (κ2) is 7.99. The van der Waals surface area contributed by atoms with Gasteiger partial charge >= 0.3 is 12.1 Å². The van der Waals surface area contributed by atoms with Crippen molar-refractivity contribution in [3.63, 3.8) is 0 Å². The maximum absolute atomic E-state index is 12.5. The Morgan fingerprint density at radius 3 is 1.88 bits per heavy atom. The van der Waals surface area contributed by atoms with E-state index in [-0.39, 0.29) is 5.97 Å². The van der Waals surface area contributed by atoms with E-state index in [2.05, 4.69) is 0 Å². The van der Waals surface area contributed by atoms with Gasteiger partial charge in [-0.25, -0.2) is 4.79 Å². The Kier molecular flexibility index (Phi) is 6.01. The fraction of sp³-hybridized carbons (Fsp3) is 0.316. The normalized spacial score (nSPS) is 11.3. The van der Waals surface area contributed by atoms with E-state index in [4.69, 9.17) is 4.74 Å². The summed E-state index contributed by atoms with van der Waals surface area (Å²) in [5.74, 6) is -0.339. The SMILES string of the molecule is CCOC(=O)c1ccc(CCCc2ccc(C(F)(F)F)cc2)cc1. The third kappa shape index (κ3) is 5.11. The Balaban J connectivity index is 1.84. The first-order chi connectivity index (χ1) is 11.4. The van der Waals surface area contributed by atoms with E-state index in [0.717, 1.165) is 36.1 Å². The second-order valence-corrected chi connectivity index (χ2v) is 5.47. The van der Waals surface area contributed by atoms with Crippen LogP contribution in [-0.4, -0.2) is 12.6 Å². The summed E-state index contributed by atoms with van der Waals surface area (Å²) in [6, 6.07) is 12.5. The summed E-state index contributed by atoms with van der Waals surface area (Å²) in [7, 11) is 0. The standard InChI is InChI=1S/C19H19F3O2/c1-2-24-18(23)16-10-6-14(7-11-16)4-3-5-15-8-12-17(13-9-15)19(20,21)22/h6-13H,2-5H2,1H3. The first-order valence-electron chi connectivity index (χ1n) is 7.82. The monoisotopic (exact) mass is 336 g/mol. The second-order valence-electron chi connectivity index (χ2n) is 5.47. The highest BCUT2D eigenvalue weighted by Gasteiger charge is 2.29. The van der Waals surface area contributed by atoms with Gasteiger partial charge < -0.3 is 4.74 Å². The fourth-order valence-corrected chi connectivity index (χ4v) is 2.38. The number of esters is 1. The molecule has 0 N–H and O–H groups in total. The van der Waals surface area contributed by atoms with Gasteiger partial charge in [0, 0.05) is 0 Å². The molecular formula is C19H19F3O2. The van der Waals surface area contributed by atoms with Crippen LogP contribution >= 0.6 is 0 Å². The van der Waals surface area contributed by atoms with Gasteiger partial charge in [-0.2, -0.15) is 13.2 Å². The lowest BCUT2D eigenvalue weighted by molar-refractivity contribution is -0.137. The molecule has 0 aliphatic rings. The summed E-state index contributed by atoms with van der Waals surface area (Å²) >= 11 is 0. The number of hydrogen-bond acceptors (Lipinski definition) is 2. The molecule has 2 rings (SSSR count). The van der Waals surface area contributed by atoms with Gasteiger partial charge in [-0.15, -0.1) is 0 Å². The zero-order chi connectivity index (χ0) is 17.6. The van der Waals surface area contributed by atoms with Gasteiger partial charge in [0.05, 0.1) is 17.7 Å². The lowest BCUT2D eigenvalue weighted by Gasteiger charge is -2.08. The number of halogens is 3. The van der Waals surface area contributed by atoms with Crippen LogP contribution in [0.5, 0.6) is 0 Å². The number of rotatable bonds is 6.